The molecule has 1 unspecified atom stereocenters. The second-order valence-electron chi connectivity index (χ2n) is 7.16. The van der Waals surface area contributed by atoms with Crippen molar-refractivity contribution in [2.45, 2.75) is 25.6 Å². The Labute approximate surface area is 172 Å². The molecule has 1 aliphatic heterocycles. The summed E-state index contributed by atoms with van der Waals surface area (Å²) in [5.74, 6) is 0.904. The lowest BCUT2D eigenvalue weighted by molar-refractivity contribution is 0.190. The van der Waals surface area contributed by atoms with Gasteiger partial charge in [-0.2, -0.15) is 5.10 Å². The van der Waals surface area contributed by atoms with Gasteiger partial charge in [-0.1, -0.05) is 42.5 Å². The van der Waals surface area contributed by atoms with Gasteiger partial charge in [0.2, 0.25) is 0 Å². The summed E-state index contributed by atoms with van der Waals surface area (Å²) in [7, 11) is 1.99. The van der Waals surface area contributed by atoms with E-state index in [2.05, 4.69) is 41.3 Å². The van der Waals surface area contributed by atoms with Gasteiger partial charge in [-0.3, -0.25) is 4.90 Å². The van der Waals surface area contributed by atoms with Crippen LogP contribution >= 0.6 is 23.6 Å². The Morgan fingerprint density at radius 1 is 1.11 bits per heavy atom. The van der Waals surface area contributed by atoms with Gasteiger partial charge in [-0.05, 0) is 37.2 Å². The van der Waals surface area contributed by atoms with E-state index in [0.29, 0.717) is 12.7 Å². The Balaban J connectivity index is 1.45. The molecule has 0 saturated carbocycles. The molecule has 0 aliphatic carbocycles. The highest BCUT2D eigenvalue weighted by atomic mass is 32.1. The van der Waals surface area contributed by atoms with Gasteiger partial charge < -0.3 is 4.57 Å². The summed E-state index contributed by atoms with van der Waals surface area (Å²) in [6, 6.07) is 18.9. The number of hydrogen-bond donors (Lipinski definition) is 0. The molecular formula is C21H21N5S2. The van der Waals surface area contributed by atoms with E-state index in [1.165, 1.54) is 16.1 Å². The van der Waals surface area contributed by atoms with Crippen LogP contribution in [-0.4, -0.2) is 30.8 Å². The highest BCUT2D eigenvalue weighted by Crippen LogP contribution is 2.36. The summed E-state index contributed by atoms with van der Waals surface area (Å²) < 4.78 is 5.94. The monoisotopic (exact) mass is 407 g/mol. The molecule has 3 heterocycles. The molecule has 1 aliphatic rings. The van der Waals surface area contributed by atoms with E-state index in [0.717, 1.165) is 34.6 Å². The number of para-hydroxylation sites is 1. The second-order valence-corrected chi connectivity index (χ2v) is 8.59. The Kier molecular flexibility index (Phi) is 4.58. The molecule has 1 saturated heterocycles. The third kappa shape index (κ3) is 3.09. The standard InChI is InChI=1S/C21H21N5S2/c1-24-19(15-8-3-2-4-9-15)23-26(21(24)27)14-25-13-7-11-17(25)20-22-16-10-5-6-12-18(16)28-20/h2-6,8-10,12,17H,7,11,13-14H2,1H3. The minimum Gasteiger partial charge on any atom is -0.303 e. The molecule has 2 aromatic carbocycles. The Morgan fingerprint density at radius 3 is 2.71 bits per heavy atom. The van der Waals surface area contributed by atoms with Crippen LogP contribution in [0.15, 0.2) is 54.6 Å². The van der Waals surface area contributed by atoms with Gasteiger partial charge in [-0.15, -0.1) is 11.3 Å². The van der Waals surface area contributed by atoms with Gasteiger partial charge in [0, 0.05) is 19.2 Å². The Morgan fingerprint density at radius 2 is 1.89 bits per heavy atom. The lowest BCUT2D eigenvalue weighted by Crippen LogP contribution is -2.27. The predicted molar refractivity (Wildman–Crippen MR) is 116 cm³/mol. The van der Waals surface area contributed by atoms with E-state index in [-0.39, 0.29) is 0 Å². The molecule has 4 aromatic rings. The van der Waals surface area contributed by atoms with E-state index in [1.807, 2.05) is 34.5 Å². The summed E-state index contributed by atoms with van der Waals surface area (Å²) in [6.45, 7) is 1.74. The lowest BCUT2D eigenvalue weighted by atomic mass is 10.2. The van der Waals surface area contributed by atoms with Gasteiger partial charge in [0.1, 0.15) is 5.01 Å². The molecule has 7 heteroatoms. The van der Waals surface area contributed by atoms with Crippen LogP contribution in [0.25, 0.3) is 21.6 Å². The van der Waals surface area contributed by atoms with Crippen molar-refractivity contribution in [1.82, 2.24) is 24.2 Å². The molecule has 2 aromatic heterocycles. The highest BCUT2D eigenvalue weighted by molar-refractivity contribution is 7.71. The smallest absolute Gasteiger partial charge is 0.199 e. The van der Waals surface area contributed by atoms with Gasteiger partial charge in [0.15, 0.2) is 10.6 Å². The van der Waals surface area contributed by atoms with Crippen molar-refractivity contribution in [3.8, 4) is 11.4 Å². The summed E-state index contributed by atoms with van der Waals surface area (Å²) >= 11 is 7.48. The summed E-state index contributed by atoms with van der Waals surface area (Å²) in [5.41, 5.74) is 2.18. The maximum atomic E-state index is 5.68. The topological polar surface area (TPSA) is 38.9 Å². The highest BCUT2D eigenvalue weighted by Gasteiger charge is 2.29. The first-order valence-electron chi connectivity index (χ1n) is 9.49. The molecule has 0 amide bonds. The molecule has 0 bridgehead atoms. The third-order valence-corrected chi connectivity index (χ3v) is 6.97. The van der Waals surface area contributed by atoms with Crippen molar-refractivity contribution >= 4 is 33.8 Å². The van der Waals surface area contributed by atoms with Gasteiger partial charge in [0.25, 0.3) is 0 Å². The maximum Gasteiger partial charge on any atom is 0.199 e. The number of benzene rings is 2. The van der Waals surface area contributed by atoms with Gasteiger partial charge in [-0.25, -0.2) is 9.67 Å². The summed E-state index contributed by atoms with van der Waals surface area (Å²) in [6.07, 6.45) is 2.30. The zero-order valence-corrected chi connectivity index (χ0v) is 17.3. The first-order valence-corrected chi connectivity index (χ1v) is 10.7. The molecule has 0 N–H and O–H groups in total. The molecule has 5 rings (SSSR count). The number of nitrogens with zero attached hydrogens (tertiary/aromatic N) is 5. The van der Waals surface area contributed by atoms with Crippen LogP contribution in [0.1, 0.15) is 23.9 Å². The van der Waals surface area contributed by atoms with Crippen LogP contribution in [0, 0.1) is 4.77 Å². The summed E-state index contributed by atoms with van der Waals surface area (Å²) in [4.78, 5) is 7.35. The molecule has 1 atom stereocenters. The largest absolute Gasteiger partial charge is 0.303 e. The van der Waals surface area contributed by atoms with Gasteiger partial charge >= 0.3 is 0 Å². The summed E-state index contributed by atoms with van der Waals surface area (Å²) in [5, 5.41) is 6.03. The Bertz CT molecular complexity index is 1140. The van der Waals surface area contributed by atoms with E-state index in [1.54, 1.807) is 11.3 Å². The zero-order chi connectivity index (χ0) is 19.1. The molecule has 5 nitrogen and oxygen atoms in total. The van der Waals surface area contributed by atoms with Crippen LogP contribution in [0.2, 0.25) is 0 Å². The molecular weight excluding hydrogens is 386 g/mol. The minimum atomic E-state index is 0.335. The van der Waals surface area contributed by atoms with Crippen molar-refractivity contribution in [2.75, 3.05) is 6.54 Å². The number of fused-ring (bicyclic) bond motifs is 1. The van der Waals surface area contributed by atoms with Crippen LogP contribution in [0.5, 0.6) is 0 Å². The fourth-order valence-electron chi connectivity index (χ4n) is 3.90. The van der Waals surface area contributed by atoms with Crippen molar-refractivity contribution in [1.29, 1.82) is 0 Å². The first kappa shape index (κ1) is 17.7. The second kappa shape index (κ2) is 7.24. The van der Waals surface area contributed by atoms with E-state index in [9.17, 15) is 0 Å². The van der Waals surface area contributed by atoms with Crippen molar-refractivity contribution < 1.29 is 0 Å². The molecule has 1 fully saturated rings. The van der Waals surface area contributed by atoms with Crippen LogP contribution in [0.3, 0.4) is 0 Å². The maximum absolute atomic E-state index is 5.68. The van der Waals surface area contributed by atoms with Crippen LogP contribution in [0.4, 0.5) is 0 Å². The molecule has 28 heavy (non-hydrogen) atoms. The number of likely N-dealkylation sites (tertiary alicyclic amines) is 1. The molecule has 142 valence electrons. The minimum absolute atomic E-state index is 0.335. The fourth-order valence-corrected chi connectivity index (χ4v) is 5.22. The third-order valence-electron chi connectivity index (χ3n) is 5.35. The zero-order valence-electron chi connectivity index (χ0n) is 15.7. The number of rotatable bonds is 4. The number of aromatic nitrogens is 4. The number of thiazole rings is 1. The van der Waals surface area contributed by atoms with Crippen molar-refractivity contribution in [3.63, 3.8) is 0 Å². The van der Waals surface area contributed by atoms with E-state index in [4.69, 9.17) is 22.3 Å². The molecule has 0 radical (unpaired) electrons. The predicted octanol–water partition coefficient (Wildman–Crippen LogP) is 5.02. The normalized spacial score (nSPS) is 17.5. The van der Waals surface area contributed by atoms with Gasteiger partial charge in [0.05, 0.1) is 22.9 Å². The average molecular weight is 408 g/mol. The SMILES string of the molecule is Cn1c(-c2ccccc2)nn(CN2CCCC2c2nc3ccccc3s2)c1=S. The van der Waals surface area contributed by atoms with Crippen molar-refractivity contribution in [3.05, 3.63) is 64.4 Å². The first-order chi connectivity index (χ1) is 13.7. The lowest BCUT2D eigenvalue weighted by Gasteiger charge is -2.22. The van der Waals surface area contributed by atoms with Crippen LogP contribution in [-0.2, 0) is 13.7 Å². The van der Waals surface area contributed by atoms with Crippen LogP contribution < -0.4 is 0 Å². The van der Waals surface area contributed by atoms with E-state index >= 15 is 0 Å². The Hall–Kier alpha value is -2.35. The van der Waals surface area contributed by atoms with Crippen molar-refractivity contribution in [2.24, 2.45) is 7.05 Å². The fraction of sp³-hybridized carbons (Fsp3) is 0.286. The average Bonchev–Trinajstić information content (AvgIpc) is 3.42. The number of hydrogen-bond acceptors (Lipinski definition) is 5. The quantitative estimate of drug-likeness (QED) is 0.445. The van der Waals surface area contributed by atoms with E-state index < -0.39 is 0 Å². The molecule has 0 spiro atoms.